The molecule has 2 N–H and O–H groups in total. The Labute approximate surface area is 166 Å². The Hall–Kier alpha value is -1.59. The molecule has 0 spiro atoms. The van der Waals surface area contributed by atoms with E-state index >= 15 is 0 Å². The van der Waals surface area contributed by atoms with Crippen LogP contribution >= 0.6 is 0 Å². The first-order chi connectivity index (χ1) is 13.5. The lowest BCUT2D eigenvalue weighted by Crippen LogP contribution is -2.58. The van der Waals surface area contributed by atoms with Crippen LogP contribution in [-0.2, 0) is 10.0 Å². The third kappa shape index (κ3) is 5.06. The van der Waals surface area contributed by atoms with E-state index in [2.05, 4.69) is 15.2 Å². The summed E-state index contributed by atoms with van der Waals surface area (Å²) in [6.07, 6.45) is 4.80. The molecule has 1 aromatic rings. The number of piperazine rings is 1. The molecule has 9 nitrogen and oxygen atoms in total. The van der Waals surface area contributed by atoms with Gasteiger partial charge in [-0.3, -0.25) is 19.6 Å². The summed E-state index contributed by atoms with van der Waals surface area (Å²) in [5.74, 6) is -0.325. The van der Waals surface area contributed by atoms with E-state index in [1.165, 1.54) is 6.20 Å². The number of rotatable bonds is 8. The predicted octanol–water partition coefficient (Wildman–Crippen LogP) is -0.827. The number of pyridine rings is 1. The first-order valence-electron chi connectivity index (χ1n) is 9.77. The molecule has 0 bridgehead atoms. The fourth-order valence-corrected chi connectivity index (χ4v) is 5.73. The van der Waals surface area contributed by atoms with E-state index in [4.69, 9.17) is 5.11 Å². The highest BCUT2D eigenvalue weighted by atomic mass is 32.2. The van der Waals surface area contributed by atoms with E-state index in [-0.39, 0.29) is 19.1 Å². The molecular weight excluding hydrogens is 382 g/mol. The summed E-state index contributed by atoms with van der Waals surface area (Å²) < 4.78 is 28.1. The molecule has 28 heavy (non-hydrogen) atoms. The Bertz CT molecular complexity index is 732. The number of aliphatic hydroxyl groups excluding tert-OH is 1. The first-order valence-corrected chi connectivity index (χ1v) is 11.3. The zero-order chi connectivity index (χ0) is 20.0. The molecule has 0 aromatic carbocycles. The van der Waals surface area contributed by atoms with Crippen molar-refractivity contribution >= 4 is 15.9 Å². The molecule has 2 saturated heterocycles. The van der Waals surface area contributed by atoms with E-state index in [1.807, 2.05) is 4.90 Å². The van der Waals surface area contributed by atoms with Gasteiger partial charge in [0.25, 0.3) is 5.91 Å². The van der Waals surface area contributed by atoms with Crippen LogP contribution in [0.2, 0.25) is 0 Å². The minimum absolute atomic E-state index is 0.0343. The molecule has 0 aliphatic carbocycles. The summed E-state index contributed by atoms with van der Waals surface area (Å²) in [5, 5.41) is 11.1. The number of β-amino-alcohol motifs (C(OH)–C–C–N with tert-alkyl or cyclic N) is 1. The Balaban J connectivity index is 1.70. The number of hydrogen-bond acceptors (Lipinski definition) is 7. The van der Waals surface area contributed by atoms with Crippen molar-refractivity contribution in [3.05, 3.63) is 30.1 Å². The number of carbonyl (C=O) groups is 1. The molecule has 2 fully saturated rings. The third-order valence-corrected chi connectivity index (χ3v) is 7.60. The second-order valence-electron chi connectivity index (χ2n) is 7.16. The maximum absolute atomic E-state index is 13.3. The minimum atomic E-state index is -3.55. The normalized spacial score (nSPS) is 20.9. The van der Waals surface area contributed by atoms with Gasteiger partial charge in [-0.05, 0) is 25.0 Å². The summed E-state index contributed by atoms with van der Waals surface area (Å²) in [6.45, 7) is 4.37. The summed E-state index contributed by atoms with van der Waals surface area (Å²) in [7, 11) is -3.55. The average Bonchev–Trinajstić information content (AvgIpc) is 3.26. The lowest BCUT2D eigenvalue weighted by molar-refractivity contribution is 0.0894. The molecule has 0 saturated carbocycles. The molecule has 1 aromatic heterocycles. The van der Waals surface area contributed by atoms with Crippen molar-refractivity contribution in [2.45, 2.75) is 18.2 Å². The van der Waals surface area contributed by atoms with Crippen LogP contribution in [0.3, 0.4) is 0 Å². The fraction of sp³-hybridized carbons (Fsp3) is 0.667. The van der Waals surface area contributed by atoms with E-state index in [9.17, 15) is 13.2 Å². The minimum Gasteiger partial charge on any atom is -0.395 e. The number of aromatic nitrogens is 1. The van der Waals surface area contributed by atoms with Crippen LogP contribution in [0.5, 0.6) is 0 Å². The van der Waals surface area contributed by atoms with Crippen LogP contribution in [0.15, 0.2) is 24.5 Å². The van der Waals surface area contributed by atoms with Gasteiger partial charge in [-0.1, -0.05) is 0 Å². The van der Waals surface area contributed by atoms with Crippen molar-refractivity contribution in [2.24, 2.45) is 0 Å². The number of sulfonamides is 1. The Kier molecular flexibility index (Phi) is 7.36. The molecule has 2 aliphatic heterocycles. The van der Waals surface area contributed by atoms with Crippen LogP contribution in [0.1, 0.15) is 23.2 Å². The van der Waals surface area contributed by atoms with Gasteiger partial charge in [0, 0.05) is 64.8 Å². The second-order valence-corrected chi connectivity index (χ2v) is 9.25. The number of carbonyl (C=O) groups excluding carboxylic acids is 1. The maximum Gasteiger partial charge on any atom is 0.252 e. The van der Waals surface area contributed by atoms with E-state index in [0.29, 0.717) is 51.4 Å². The Morgan fingerprint density at radius 1 is 1.18 bits per heavy atom. The molecule has 3 heterocycles. The average molecular weight is 412 g/mol. The highest BCUT2D eigenvalue weighted by Crippen LogP contribution is 2.20. The van der Waals surface area contributed by atoms with Crippen LogP contribution in [0.4, 0.5) is 0 Å². The standard InChI is InChI=1S/C18H29N5O4S/c24-13-12-21-8-10-22(11-9-21)17(28(26,27)23-6-1-2-7-23)15-20-18(25)16-4-3-5-19-14-16/h3-5,14,17,24H,1-2,6-13,15H2,(H,20,25). The van der Waals surface area contributed by atoms with Crippen molar-refractivity contribution in [1.29, 1.82) is 0 Å². The van der Waals surface area contributed by atoms with Gasteiger partial charge in [-0.2, -0.15) is 0 Å². The molecule has 0 radical (unpaired) electrons. The Morgan fingerprint density at radius 3 is 2.50 bits per heavy atom. The van der Waals surface area contributed by atoms with E-state index < -0.39 is 15.4 Å². The molecule has 1 unspecified atom stereocenters. The second kappa shape index (κ2) is 9.75. The highest BCUT2D eigenvalue weighted by Gasteiger charge is 2.38. The van der Waals surface area contributed by atoms with Crippen molar-refractivity contribution in [1.82, 2.24) is 24.4 Å². The van der Waals surface area contributed by atoms with Gasteiger partial charge in [0.2, 0.25) is 10.0 Å². The SMILES string of the molecule is O=C(NCC(N1CCN(CCO)CC1)S(=O)(=O)N1CCCC1)c1cccnc1. The number of hydrogen-bond donors (Lipinski definition) is 2. The van der Waals surface area contributed by atoms with Crippen LogP contribution in [0.25, 0.3) is 0 Å². The smallest absolute Gasteiger partial charge is 0.252 e. The van der Waals surface area contributed by atoms with Gasteiger partial charge < -0.3 is 10.4 Å². The van der Waals surface area contributed by atoms with Gasteiger partial charge in [-0.25, -0.2) is 12.7 Å². The summed E-state index contributed by atoms with van der Waals surface area (Å²) in [6, 6.07) is 3.33. The fourth-order valence-electron chi connectivity index (χ4n) is 3.73. The lowest BCUT2D eigenvalue weighted by atomic mass is 10.2. The van der Waals surface area contributed by atoms with Crippen LogP contribution in [0, 0.1) is 0 Å². The maximum atomic E-state index is 13.3. The molecule has 2 aliphatic rings. The Morgan fingerprint density at radius 2 is 1.89 bits per heavy atom. The molecule has 10 heteroatoms. The quantitative estimate of drug-likeness (QED) is 0.575. The van der Waals surface area contributed by atoms with Crippen molar-refractivity contribution in [3.8, 4) is 0 Å². The number of amides is 1. The van der Waals surface area contributed by atoms with Gasteiger partial charge in [0.15, 0.2) is 0 Å². The van der Waals surface area contributed by atoms with Gasteiger partial charge in [0.05, 0.1) is 12.2 Å². The number of nitrogens with one attached hydrogen (secondary N) is 1. The molecule has 1 amide bonds. The molecular formula is C18H29N5O4S. The predicted molar refractivity (Wildman–Crippen MR) is 105 cm³/mol. The van der Waals surface area contributed by atoms with Crippen molar-refractivity contribution in [2.75, 3.05) is 59.0 Å². The van der Waals surface area contributed by atoms with Crippen molar-refractivity contribution < 1.29 is 18.3 Å². The summed E-state index contributed by atoms with van der Waals surface area (Å²) >= 11 is 0. The van der Waals surface area contributed by atoms with Crippen LogP contribution < -0.4 is 5.32 Å². The zero-order valence-electron chi connectivity index (χ0n) is 16.0. The first kappa shape index (κ1) is 21.1. The van der Waals surface area contributed by atoms with Gasteiger partial charge in [-0.15, -0.1) is 0 Å². The molecule has 1 atom stereocenters. The summed E-state index contributed by atoms with van der Waals surface area (Å²) in [4.78, 5) is 20.4. The van der Waals surface area contributed by atoms with Gasteiger partial charge in [0.1, 0.15) is 5.37 Å². The zero-order valence-corrected chi connectivity index (χ0v) is 16.9. The molecule has 3 rings (SSSR count). The number of nitrogens with zero attached hydrogens (tertiary/aromatic N) is 4. The monoisotopic (exact) mass is 411 g/mol. The van der Waals surface area contributed by atoms with E-state index in [1.54, 1.807) is 22.6 Å². The van der Waals surface area contributed by atoms with Crippen LogP contribution in [-0.4, -0.2) is 103 Å². The van der Waals surface area contributed by atoms with Crippen molar-refractivity contribution in [3.63, 3.8) is 0 Å². The van der Waals surface area contributed by atoms with Gasteiger partial charge >= 0.3 is 0 Å². The number of aliphatic hydroxyl groups is 1. The summed E-state index contributed by atoms with van der Waals surface area (Å²) in [5.41, 5.74) is 0.410. The third-order valence-electron chi connectivity index (χ3n) is 5.36. The van der Waals surface area contributed by atoms with E-state index in [0.717, 1.165) is 12.8 Å². The molecule has 156 valence electrons. The lowest BCUT2D eigenvalue weighted by Gasteiger charge is -2.39. The topological polar surface area (TPSA) is 106 Å². The largest absolute Gasteiger partial charge is 0.395 e. The highest BCUT2D eigenvalue weighted by molar-refractivity contribution is 7.89.